The number of carbonyl (C=O) groups excluding carboxylic acids is 2. The largest absolute Gasteiger partial charge is 0.312 e. The maximum atomic E-state index is 12.3. The molecule has 3 rings (SSSR count). The van der Waals surface area contributed by atoms with E-state index in [2.05, 4.69) is 21.4 Å². The Morgan fingerprint density at radius 1 is 1.17 bits per heavy atom. The first-order chi connectivity index (χ1) is 11.0. The van der Waals surface area contributed by atoms with Crippen LogP contribution in [0.25, 0.3) is 0 Å². The van der Waals surface area contributed by atoms with Crippen LogP contribution in [0.1, 0.15) is 17.5 Å². The Balaban J connectivity index is 1.73. The minimum atomic E-state index is -0.396. The van der Waals surface area contributed by atoms with Crippen molar-refractivity contribution in [3.8, 4) is 0 Å². The SMILES string of the molecule is Cc1cc(C)cc(N2C[C@@H](C(=O)Nc3ncccn3)CC2=O)c1. The number of nitrogens with zero attached hydrogens (tertiary/aromatic N) is 3. The van der Waals surface area contributed by atoms with Crippen LogP contribution in [0.5, 0.6) is 0 Å². The Morgan fingerprint density at radius 3 is 2.48 bits per heavy atom. The number of carbonyl (C=O) groups is 2. The van der Waals surface area contributed by atoms with E-state index in [0.717, 1.165) is 16.8 Å². The molecule has 1 saturated heterocycles. The molecule has 1 N–H and O–H groups in total. The summed E-state index contributed by atoms with van der Waals surface area (Å²) >= 11 is 0. The second kappa shape index (κ2) is 6.16. The van der Waals surface area contributed by atoms with Gasteiger partial charge in [-0.3, -0.25) is 14.9 Å². The minimum absolute atomic E-state index is 0.0378. The van der Waals surface area contributed by atoms with Crippen molar-refractivity contribution in [3.05, 3.63) is 47.8 Å². The van der Waals surface area contributed by atoms with Gasteiger partial charge in [0.05, 0.1) is 5.92 Å². The summed E-state index contributed by atoms with van der Waals surface area (Å²) in [6.45, 7) is 4.36. The Morgan fingerprint density at radius 2 is 1.83 bits per heavy atom. The summed E-state index contributed by atoms with van der Waals surface area (Å²) in [5.74, 6) is -0.400. The molecule has 2 heterocycles. The molecule has 6 heteroatoms. The third-order valence-electron chi connectivity index (χ3n) is 3.81. The van der Waals surface area contributed by atoms with Crippen LogP contribution in [0.4, 0.5) is 11.6 Å². The fourth-order valence-electron chi connectivity index (χ4n) is 2.82. The molecule has 1 aromatic heterocycles. The fraction of sp³-hybridized carbons (Fsp3) is 0.294. The topological polar surface area (TPSA) is 75.2 Å². The van der Waals surface area contributed by atoms with E-state index in [-0.39, 0.29) is 24.2 Å². The summed E-state index contributed by atoms with van der Waals surface area (Å²) in [5.41, 5.74) is 3.04. The first kappa shape index (κ1) is 15.1. The van der Waals surface area contributed by atoms with Gasteiger partial charge in [0.2, 0.25) is 17.8 Å². The van der Waals surface area contributed by atoms with Crippen LogP contribution < -0.4 is 10.2 Å². The molecule has 0 unspecified atom stereocenters. The Hall–Kier alpha value is -2.76. The number of nitrogens with one attached hydrogen (secondary N) is 1. The zero-order chi connectivity index (χ0) is 16.4. The van der Waals surface area contributed by atoms with Gasteiger partial charge in [0.1, 0.15) is 0 Å². The molecule has 2 aromatic rings. The predicted octanol–water partition coefficient (Wildman–Crippen LogP) is 2.09. The summed E-state index contributed by atoms with van der Waals surface area (Å²) in [7, 11) is 0. The van der Waals surface area contributed by atoms with Crippen molar-refractivity contribution in [2.75, 3.05) is 16.8 Å². The Bertz CT molecular complexity index is 725. The molecule has 0 bridgehead atoms. The molecular weight excluding hydrogens is 292 g/mol. The van der Waals surface area contributed by atoms with Crippen molar-refractivity contribution in [2.24, 2.45) is 5.92 Å². The van der Waals surface area contributed by atoms with Crippen LogP contribution in [0, 0.1) is 19.8 Å². The monoisotopic (exact) mass is 310 g/mol. The molecule has 0 radical (unpaired) electrons. The summed E-state index contributed by atoms with van der Waals surface area (Å²) in [4.78, 5) is 34.2. The lowest BCUT2D eigenvalue weighted by Crippen LogP contribution is -2.28. The normalized spacial score (nSPS) is 17.4. The van der Waals surface area contributed by atoms with Gasteiger partial charge in [0.15, 0.2) is 0 Å². The minimum Gasteiger partial charge on any atom is -0.312 e. The molecule has 0 aliphatic carbocycles. The van der Waals surface area contributed by atoms with Crippen molar-refractivity contribution in [1.82, 2.24) is 9.97 Å². The van der Waals surface area contributed by atoms with Crippen molar-refractivity contribution >= 4 is 23.5 Å². The number of benzene rings is 1. The zero-order valence-corrected chi connectivity index (χ0v) is 13.1. The van der Waals surface area contributed by atoms with Gasteiger partial charge in [-0.25, -0.2) is 9.97 Å². The molecular formula is C17H18N4O2. The van der Waals surface area contributed by atoms with Gasteiger partial charge < -0.3 is 4.90 Å². The lowest BCUT2D eigenvalue weighted by molar-refractivity contribution is -0.122. The third-order valence-corrected chi connectivity index (χ3v) is 3.81. The van der Waals surface area contributed by atoms with E-state index in [1.165, 1.54) is 0 Å². The summed E-state index contributed by atoms with van der Waals surface area (Å²) in [5, 5.41) is 2.66. The van der Waals surface area contributed by atoms with Gasteiger partial charge in [-0.05, 0) is 43.2 Å². The van der Waals surface area contributed by atoms with Crippen molar-refractivity contribution < 1.29 is 9.59 Å². The van der Waals surface area contributed by atoms with Crippen molar-refractivity contribution in [2.45, 2.75) is 20.3 Å². The first-order valence-corrected chi connectivity index (χ1v) is 7.49. The highest BCUT2D eigenvalue weighted by atomic mass is 16.2. The van der Waals surface area contributed by atoms with Gasteiger partial charge in [0, 0.05) is 31.0 Å². The van der Waals surface area contributed by atoms with E-state index >= 15 is 0 Å². The number of hydrogen-bond acceptors (Lipinski definition) is 4. The maximum Gasteiger partial charge on any atom is 0.232 e. The number of rotatable bonds is 3. The third kappa shape index (κ3) is 3.36. The van der Waals surface area contributed by atoms with Crippen LogP contribution in [0.3, 0.4) is 0 Å². The van der Waals surface area contributed by atoms with E-state index in [1.807, 2.05) is 26.0 Å². The smallest absolute Gasteiger partial charge is 0.232 e. The predicted molar refractivity (Wildman–Crippen MR) is 87.0 cm³/mol. The van der Waals surface area contributed by atoms with Crippen LogP contribution in [-0.4, -0.2) is 28.3 Å². The van der Waals surface area contributed by atoms with Gasteiger partial charge in [-0.1, -0.05) is 6.07 Å². The molecule has 1 atom stereocenters. The Labute approximate surface area is 134 Å². The molecule has 118 valence electrons. The highest BCUT2D eigenvalue weighted by Gasteiger charge is 2.35. The van der Waals surface area contributed by atoms with E-state index in [9.17, 15) is 9.59 Å². The summed E-state index contributed by atoms with van der Waals surface area (Å²) < 4.78 is 0. The molecule has 0 saturated carbocycles. The molecule has 23 heavy (non-hydrogen) atoms. The van der Waals surface area contributed by atoms with Crippen LogP contribution in [0.2, 0.25) is 0 Å². The van der Waals surface area contributed by atoms with Gasteiger partial charge in [-0.2, -0.15) is 0 Å². The number of amides is 2. The maximum absolute atomic E-state index is 12.3. The second-order valence-corrected chi connectivity index (χ2v) is 5.81. The highest BCUT2D eigenvalue weighted by Crippen LogP contribution is 2.27. The second-order valence-electron chi connectivity index (χ2n) is 5.81. The number of aromatic nitrogens is 2. The fourth-order valence-corrected chi connectivity index (χ4v) is 2.82. The number of aryl methyl sites for hydroxylation is 2. The van der Waals surface area contributed by atoms with E-state index in [1.54, 1.807) is 23.4 Å². The number of hydrogen-bond donors (Lipinski definition) is 1. The standard InChI is InChI=1S/C17H18N4O2/c1-11-6-12(2)8-14(7-11)21-10-13(9-15(21)22)16(23)20-17-18-4-3-5-19-17/h3-8,13H,9-10H2,1-2H3,(H,18,19,20,23)/t13-/m0/s1. The average Bonchev–Trinajstić information content (AvgIpc) is 2.89. The van der Waals surface area contributed by atoms with E-state index in [0.29, 0.717) is 6.54 Å². The van der Waals surface area contributed by atoms with Gasteiger partial charge >= 0.3 is 0 Å². The van der Waals surface area contributed by atoms with Crippen molar-refractivity contribution in [1.29, 1.82) is 0 Å². The number of anilines is 2. The first-order valence-electron chi connectivity index (χ1n) is 7.49. The van der Waals surface area contributed by atoms with Crippen LogP contribution >= 0.6 is 0 Å². The molecule has 2 amide bonds. The lowest BCUT2D eigenvalue weighted by atomic mass is 10.1. The van der Waals surface area contributed by atoms with Crippen LogP contribution in [-0.2, 0) is 9.59 Å². The highest BCUT2D eigenvalue weighted by molar-refractivity contribution is 6.03. The summed E-state index contributed by atoms with van der Waals surface area (Å²) in [6, 6.07) is 7.66. The van der Waals surface area contributed by atoms with E-state index in [4.69, 9.17) is 0 Å². The molecule has 0 spiro atoms. The molecule has 1 aliphatic rings. The van der Waals surface area contributed by atoms with E-state index < -0.39 is 5.92 Å². The van der Waals surface area contributed by atoms with Gasteiger partial charge in [-0.15, -0.1) is 0 Å². The van der Waals surface area contributed by atoms with Crippen LogP contribution in [0.15, 0.2) is 36.7 Å². The molecule has 6 nitrogen and oxygen atoms in total. The average molecular weight is 310 g/mol. The van der Waals surface area contributed by atoms with Gasteiger partial charge in [0.25, 0.3) is 0 Å². The van der Waals surface area contributed by atoms with Crippen molar-refractivity contribution in [3.63, 3.8) is 0 Å². The Kier molecular flexibility index (Phi) is 4.06. The molecule has 1 aromatic carbocycles. The lowest BCUT2D eigenvalue weighted by Gasteiger charge is -2.18. The summed E-state index contributed by atoms with van der Waals surface area (Å²) in [6.07, 6.45) is 3.32. The molecule has 1 aliphatic heterocycles. The quantitative estimate of drug-likeness (QED) is 0.942. The zero-order valence-electron chi connectivity index (χ0n) is 13.1. The molecule has 1 fully saturated rings.